The van der Waals surface area contributed by atoms with E-state index in [0.29, 0.717) is 25.2 Å². The molecule has 0 atom stereocenters. The first-order chi connectivity index (χ1) is 16.9. The summed E-state index contributed by atoms with van der Waals surface area (Å²) in [6, 6.07) is 15.7. The first-order valence-electron chi connectivity index (χ1n) is 11.7. The Morgan fingerprint density at radius 2 is 1.63 bits per heavy atom. The molecule has 3 aromatic rings. The van der Waals surface area contributed by atoms with E-state index in [1.165, 1.54) is 4.31 Å². The van der Waals surface area contributed by atoms with Gasteiger partial charge in [-0.05, 0) is 67.3 Å². The van der Waals surface area contributed by atoms with Crippen LogP contribution in [0, 0.1) is 0 Å². The Bertz CT molecular complexity index is 1230. The van der Waals surface area contributed by atoms with E-state index >= 15 is 0 Å². The Balaban J connectivity index is 1.20. The number of hydrogen-bond acceptors (Lipinski definition) is 5. The number of hydrogen-bond donors (Lipinski definition) is 2. The third-order valence-electron chi connectivity index (χ3n) is 5.88. The van der Waals surface area contributed by atoms with Gasteiger partial charge in [0, 0.05) is 37.6 Å². The van der Waals surface area contributed by atoms with E-state index in [-0.39, 0.29) is 29.7 Å². The average molecular weight is 496 g/mol. The smallest absolute Gasteiger partial charge is 0.243 e. The highest BCUT2D eigenvalue weighted by molar-refractivity contribution is 7.89. The van der Waals surface area contributed by atoms with Crippen molar-refractivity contribution in [3.05, 3.63) is 72.6 Å². The van der Waals surface area contributed by atoms with E-state index in [4.69, 9.17) is 0 Å². The topological polar surface area (TPSA) is 113 Å². The van der Waals surface area contributed by atoms with Gasteiger partial charge < -0.3 is 10.6 Å². The summed E-state index contributed by atoms with van der Waals surface area (Å²) < 4.78 is 28.7. The van der Waals surface area contributed by atoms with Gasteiger partial charge in [0.15, 0.2) is 0 Å². The molecule has 1 aliphatic heterocycles. The molecule has 1 saturated heterocycles. The van der Waals surface area contributed by atoms with Gasteiger partial charge in [-0.1, -0.05) is 18.6 Å². The Morgan fingerprint density at radius 3 is 2.29 bits per heavy atom. The lowest BCUT2D eigenvalue weighted by atomic mass is 10.1. The number of aryl methyl sites for hydroxylation is 1. The number of nitrogens with zero attached hydrogens (tertiary/aromatic N) is 3. The van der Waals surface area contributed by atoms with E-state index in [1.807, 2.05) is 24.4 Å². The highest BCUT2D eigenvalue weighted by atomic mass is 32.2. The summed E-state index contributed by atoms with van der Waals surface area (Å²) in [5, 5.41) is 9.52. The number of carbonyl (C=O) groups is 2. The van der Waals surface area contributed by atoms with Crippen molar-refractivity contribution in [1.29, 1.82) is 0 Å². The summed E-state index contributed by atoms with van der Waals surface area (Å²) in [7, 11) is -3.46. The minimum absolute atomic E-state index is 0.132. The number of piperidine rings is 1. The lowest BCUT2D eigenvalue weighted by molar-refractivity contribution is -0.124. The molecule has 4 rings (SSSR count). The second kappa shape index (κ2) is 11.3. The number of benzene rings is 2. The predicted molar refractivity (Wildman–Crippen MR) is 133 cm³/mol. The molecule has 1 aliphatic rings. The number of carbonyl (C=O) groups excluding carboxylic acids is 2. The molecule has 184 valence electrons. The molecule has 2 N–H and O–H groups in total. The normalized spacial score (nSPS) is 14.4. The van der Waals surface area contributed by atoms with Gasteiger partial charge in [-0.3, -0.25) is 9.59 Å². The fourth-order valence-corrected chi connectivity index (χ4v) is 5.45. The standard InChI is InChI=1S/C25H29N5O4S/c31-24(26-19-25(32)28-21-8-10-22(11-9-21)30-18-4-15-27-30)14-7-20-5-12-23(13-6-20)35(33,34)29-16-2-1-3-17-29/h4-6,8-13,15,18H,1-3,7,14,16-17,19H2,(H,26,31)(H,28,32). The van der Waals surface area contributed by atoms with Crippen LogP contribution in [0.5, 0.6) is 0 Å². The maximum absolute atomic E-state index is 12.7. The van der Waals surface area contributed by atoms with Crippen LogP contribution < -0.4 is 10.6 Å². The Labute approximate surface area is 205 Å². The van der Waals surface area contributed by atoms with E-state index < -0.39 is 10.0 Å². The quantitative estimate of drug-likeness (QED) is 0.474. The Hall–Kier alpha value is -3.50. The number of rotatable bonds is 9. The Kier molecular flexibility index (Phi) is 7.94. The summed E-state index contributed by atoms with van der Waals surface area (Å²) in [5.74, 6) is -0.573. The molecule has 10 heteroatoms. The largest absolute Gasteiger partial charge is 0.347 e. The van der Waals surface area contributed by atoms with Crippen LogP contribution in [-0.2, 0) is 26.0 Å². The number of aromatic nitrogens is 2. The zero-order valence-electron chi connectivity index (χ0n) is 19.4. The zero-order chi connectivity index (χ0) is 24.7. The van der Waals surface area contributed by atoms with Crippen molar-refractivity contribution in [2.45, 2.75) is 37.0 Å². The van der Waals surface area contributed by atoms with Crippen molar-refractivity contribution < 1.29 is 18.0 Å². The minimum Gasteiger partial charge on any atom is -0.347 e. The van der Waals surface area contributed by atoms with Gasteiger partial charge in [0.05, 0.1) is 17.1 Å². The summed E-state index contributed by atoms with van der Waals surface area (Å²) >= 11 is 0. The lowest BCUT2D eigenvalue weighted by Gasteiger charge is -2.25. The lowest BCUT2D eigenvalue weighted by Crippen LogP contribution is -2.35. The molecule has 2 amide bonds. The summed E-state index contributed by atoms with van der Waals surface area (Å²) in [6.45, 7) is 0.996. The van der Waals surface area contributed by atoms with Crippen LogP contribution in [0.3, 0.4) is 0 Å². The van der Waals surface area contributed by atoms with Gasteiger partial charge >= 0.3 is 0 Å². The molecular formula is C25H29N5O4S. The van der Waals surface area contributed by atoms with Crippen LogP contribution in [0.4, 0.5) is 5.69 Å². The number of anilines is 1. The van der Waals surface area contributed by atoms with Gasteiger partial charge in [0.25, 0.3) is 0 Å². The highest BCUT2D eigenvalue weighted by Gasteiger charge is 2.25. The second-order valence-electron chi connectivity index (χ2n) is 8.43. The number of sulfonamides is 1. The third-order valence-corrected chi connectivity index (χ3v) is 7.80. The highest BCUT2D eigenvalue weighted by Crippen LogP contribution is 2.21. The summed E-state index contributed by atoms with van der Waals surface area (Å²) in [6.07, 6.45) is 7.01. The molecule has 0 saturated carbocycles. The minimum atomic E-state index is -3.46. The Morgan fingerprint density at radius 1 is 0.914 bits per heavy atom. The first kappa shape index (κ1) is 24.6. The van der Waals surface area contributed by atoms with Crippen LogP contribution in [0.25, 0.3) is 5.69 Å². The van der Waals surface area contributed by atoms with Crippen molar-refractivity contribution in [1.82, 2.24) is 19.4 Å². The van der Waals surface area contributed by atoms with Gasteiger partial charge in [-0.15, -0.1) is 0 Å². The van der Waals surface area contributed by atoms with Crippen LogP contribution in [0.15, 0.2) is 71.9 Å². The first-order valence-corrected chi connectivity index (χ1v) is 13.1. The zero-order valence-corrected chi connectivity index (χ0v) is 20.2. The van der Waals surface area contributed by atoms with Crippen LogP contribution in [0.1, 0.15) is 31.2 Å². The van der Waals surface area contributed by atoms with E-state index in [1.54, 1.807) is 47.3 Å². The molecule has 0 bridgehead atoms. The molecule has 0 spiro atoms. The number of amides is 2. The van der Waals surface area contributed by atoms with Crippen LogP contribution in [-0.4, -0.2) is 54.0 Å². The number of nitrogens with one attached hydrogen (secondary N) is 2. The molecule has 2 aromatic carbocycles. The van der Waals surface area contributed by atoms with Gasteiger partial charge in [-0.25, -0.2) is 13.1 Å². The fourth-order valence-electron chi connectivity index (χ4n) is 3.93. The maximum atomic E-state index is 12.7. The fraction of sp³-hybridized carbons (Fsp3) is 0.320. The summed E-state index contributed by atoms with van der Waals surface area (Å²) in [5.41, 5.74) is 2.36. The van der Waals surface area contributed by atoms with Crippen molar-refractivity contribution in [3.63, 3.8) is 0 Å². The monoisotopic (exact) mass is 495 g/mol. The van der Waals surface area contributed by atoms with Gasteiger partial charge in [0.1, 0.15) is 0 Å². The van der Waals surface area contributed by atoms with Crippen molar-refractivity contribution in [2.75, 3.05) is 25.0 Å². The molecule has 1 fully saturated rings. The molecule has 1 aromatic heterocycles. The van der Waals surface area contributed by atoms with E-state index in [9.17, 15) is 18.0 Å². The predicted octanol–water partition coefficient (Wildman–Crippen LogP) is 2.73. The SMILES string of the molecule is O=C(CCc1ccc(S(=O)(=O)N2CCCCC2)cc1)NCC(=O)Nc1ccc(-n2cccn2)cc1. The molecule has 9 nitrogen and oxygen atoms in total. The molecule has 35 heavy (non-hydrogen) atoms. The molecule has 0 radical (unpaired) electrons. The van der Waals surface area contributed by atoms with Crippen molar-refractivity contribution >= 4 is 27.5 Å². The maximum Gasteiger partial charge on any atom is 0.243 e. The van der Waals surface area contributed by atoms with E-state index in [0.717, 1.165) is 30.5 Å². The van der Waals surface area contributed by atoms with Gasteiger partial charge in [-0.2, -0.15) is 9.40 Å². The van der Waals surface area contributed by atoms with Gasteiger partial charge in [0.2, 0.25) is 21.8 Å². The molecule has 0 unspecified atom stereocenters. The van der Waals surface area contributed by atoms with E-state index in [2.05, 4.69) is 15.7 Å². The molecule has 0 aliphatic carbocycles. The molecular weight excluding hydrogens is 466 g/mol. The van der Waals surface area contributed by atoms with Crippen molar-refractivity contribution in [2.24, 2.45) is 0 Å². The summed E-state index contributed by atoms with van der Waals surface area (Å²) in [4.78, 5) is 24.6. The third kappa shape index (κ3) is 6.55. The van der Waals surface area contributed by atoms with Crippen LogP contribution >= 0.6 is 0 Å². The van der Waals surface area contributed by atoms with Crippen molar-refractivity contribution in [3.8, 4) is 5.69 Å². The van der Waals surface area contributed by atoms with Crippen LogP contribution in [0.2, 0.25) is 0 Å². The molecule has 2 heterocycles. The average Bonchev–Trinajstić information content (AvgIpc) is 3.43. The second-order valence-corrected chi connectivity index (χ2v) is 10.4.